The molecule has 228 valence electrons. The molecule has 4 aromatic rings. The van der Waals surface area contributed by atoms with E-state index in [2.05, 4.69) is 36.9 Å². The molecule has 1 aliphatic rings. The zero-order valence-electron chi connectivity index (χ0n) is 24.4. The van der Waals surface area contributed by atoms with Crippen LogP contribution >= 0.6 is 43.2 Å². The number of thiazole rings is 1. The van der Waals surface area contributed by atoms with Crippen LogP contribution in [0.4, 0.5) is 4.39 Å². The van der Waals surface area contributed by atoms with E-state index in [0.717, 1.165) is 11.1 Å². The Morgan fingerprint density at radius 3 is 2.45 bits per heavy atom. The third-order valence-corrected chi connectivity index (χ3v) is 8.87. The van der Waals surface area contributed by atoms with Crippen LogP contribution in [0.5, 0.6) is 11.5 Å². The summed E-state index contributed by atoms with van der Waals surface area (Å²) in [6, 6.07) is 16.4. The van der Waals surface area contributed by atoms with E-state index in [-0.39, 0.29) is 30.7 Å². The lowest BCUT2D eigenvalue weighted by atomic mass is 9.95. The Hall–Kier alpha value is -3.54. The number of ether oxygens (including phenoxy) is 3. The molecule has 44 heavy (non-hydrogen) atoms. The van der Waals surface area contributed by atoms with Crippen LogP contribution in [0.15, 0.2) is 90.7 Å². The number of rotatable bonds is 9. The first-order valence-electron chi connectivity index (χ1n) is 13.9. The minimum absolute atomic E-state index is 0.123. The van der Waals surface area contributed by atoms with Crippen molar-refractivity contribution in [3.8, 4) is 11.5 Å². The van der Waals surface area contributed by atoms with Crippen molar-refractivity contribution in [2.75, 3.05) is 6.61 Å². The fraction of sp³-hybridized carbons (Fsp3) is 0.242. The van der Waals surface area contributed by atoms with E-state index in [1.54, 1.807) is 36.6 Å². The number of nitrogens with zero attached hydrogens (tertiary/aromatic N) is 2. The fourth-order valence-electron chi connectivity index (χ4n) is 4.84. The molecule has 7 nitrogen and oxygen atoms in total. The molecule has 0 amide bonds. The molecule has 0 aliphatic carbocycles. The number of halogens is 3. The highest BCUT2D eigenvalue weighted by Crippen LogP contribution is 2.37. The van der Waals surface area contributed by atoms with Crippen molar-refractivity contribution in [2.45, 2.75) is 46.4 Å². The molecule has 0 saturated carbocycles. The molecule has 0 fully saturated rings. The van der Waals surface area contributed by atoms with Gasteiger partial charge in [-0.25, -0.2) is 14.2 Å². The van der Waals surface area contributed by atoms with Crippen molar-refractivity contribution in [1.29, 1.82) is 0 Å². The molecule has 0 N–H and O–H groups in total. The average molecular weight is 744 g/mol. The smallest absolute Gasteiger partial charge is 0.338 e. The monoisotopic (exact) mass is 742 g/mol. The number of hydrogen-bond donors (Lipinski definition) is 0. The first-order chi connectivity index (χ1) is 21.1. The Labute approximate surface area is 274 Å². The van der Waals surface area contributed by atoms with Crippen LogP contribution in [0.25, 0.3) is 6.08 Å². The summed E-state index contributed by atoms with van der Waals surface area (Å²) in [6.45, 7) is 7.77. The molecule has 1 aromatic heterocycles. The van der Waals surface area contributed by atoms with Crippen LogP contribution < -0.4 is 24.4 Å². The Balaban J connectivity index is 1.58. The minimum Gasteiger partial charge on any atom is -0.491 e. The molecule has 11 heteroatoms. The molecule has 2 heterocycles. The quantitative estimate of drug-likeness (QED) is 0.176. The maximum atomic E-state index is 14.1. The maximum Gasteiger partial charge on any atom is 0.338 e. The lowest BCUT2D eigenvalue weighted by Crippen LogP contribution is -2.40. The zero-order chi connectivity index (χ0) is 31.5. The van der Waals surface area contributed by atoms with Crippen LogP contribution in [0, 0.1) is 5.82 Å². The predicted octanol–water partition coefficient (Wildman–Crippen LogP) is 6.83. The molecular weight excluding hydrogens is 715 g/mol. The van der Waals surface area contributed by atoms with Gasteiger partial charge in [-0.3, -0.25) is 9.36 Å². The third kappa shape index (κ3) is 6.74. The summed E-state index contributed by atoms with van der Waals surface area (Å²) in [7, 11) is 0. The molecule has 0 unspecified atom stereocenters. The second-order valence-electron chi connectivity index (χ2n) is 10.2. The third-order valence-electron chi connectivity index (χ3n) is 6.71. The second kappa shape index (κ2) is 13.6. The topological polar surface area (TPSA) is 79.1 Å². The molecule has 0 radical (unpaired) electrons. The highest BCUT2D eigenvalue weighted by atomic mass is 79.9. The van der Waals surface area contributed by atoms with Gasteiger partial charge in [-0.15, -0.1) is 0 Å². The van der Waals surface area contributed by atoms with Gasteiger partial charge in [0.15, 0.2) is 4.80 Å². The highest BCUT2D eigenvalue weighted by Gasteiger charge is 2.35. The first kappa shape index (κ1) is 31.9. The molecule has 0 bridgehead atoms. The number of benzene rings is 3. The number of hydrogen-bond acceptors (Lipinski definition) is 7. The van der Waals surface area contributed by atoms with E-state index in [4.69, 9.17) is 14.2 Å². The van der Waals surface area contributed by atoms with Crippen molar-refractivity contribution in [3.63, 3.8) is 0 Å². The van der Waals surface area contributed by atoms with Crippen LogP contribution in [0.2, 0.25) is 0 Å². The largest absolute Gasteiger partial charge is 0.491 e. The standard InChI is InChI=1S/C33H29Br2FN2O5S/c1-5-41-32(40)28-19(4)37-33-38(29(28)23-8-6-7-9-26(23)43-18(2)3)31(39)27(44-33)16-21-14-24(34)30(25(35)15-21)42-17-20-10-12-22(36)13-11-20/h6-16,18,29H,5,17H2,1-4H3/b27-16+/t29-/m0/s1. The van der Waals surface area contributed by atoms with Gasteiger partial charge in [0.1, 0.15) is 30.0 Å². The summed E-state index contributed by atoms with van der Waals surface area (Å²) < 4.78 is 34.1. The van der Waals surface area contributed by atoms with Crippen molar-refractivity contribution >= 4 is 55.2 Å². The molecular formula is C33H29Br2FN2O5S. The number of aromatic nitrogens is 1. The Morgan fingerprint density at radius 1 is 1.11 bits per heavy atom. The molecule has 1 atom stereocenters. The van der Waals surface area contributed by atoms with E-state index in [1.807, 2.05) is 50.2 Å². The first-order valence-corrected chi connectivity index (χ1v) is 16.3. The summed E-state index contributed by atoms with van der Waals surface area (Å²) >= 11 is 8.40. The molecule has 1 aliphatic heterocycles. The number of carbonyl (C=O) groups excluding carboxylic acids is 1. The Morgan fingerprint density at radius 2 is 1.80 bits per heavy atom. The molecule has 3 aromatic carbocycles. The van der Waals surface area contributed by atoms with E-state index < -0.39 is 12.0 Å². The van der Waals surface area contributed by atoms with Crippen LogP contribution in [0.1, 0.15) is 50.4 Å². The second-order valence-corrected chi connectivity index (χ2v) is 13.0. The van der Waals surface area contributed by atoms with Gasteiger partial charge in [-0.05, 0) is 107 Å². The van der Waals surface area contributed by atoms with E-state index in [0.29, 0.717) is 46.6 Å². The summed E-state index contributed by atoms with van der Waals surface area (Å²) in [6.07, 6.45) is 1.66. The zero-order valence-corrected chi connectivity index (χ0v) is 28.4. The molecule has 5 rings (SSSR count). The highest BCUT2D eigenvalue weighted by molar-refractivity contribution is 9.11. The number of fused-ring (bicyclic) bond motifs is 1. The van der Waals surface area contributed by atoms with Crippen LogP contribution in [-0.4, -0.2) is 23.2 Å². The predicted molar refractivity (Wildman–Crippen MR) is 175 cm³/mol. The van der Waals surface area contributed by atoms with E-state index in [9.17, 15) is 14.0 Å². The Kier molecular flexibility index (Phi) is 9.87. The summed E-state index contributed by atoms with van der Waals surface area (Å²) in [5.74, 6) is 0.306. The minimum atomic E-state index is -0.789. The number of para-hydroxylation sites is 1. The normalized spacial score (nSPS) is 14.8. The number of allylic oxidation sites excluding steroid dienone is 1. The maximum absolute atomic E-state index is 14.1. The fourth-order valence-corrected chi connectivity index (χ4v) is 7.34. The van der Waals surface area contributed by atoms with Gasteiger partial charge < -0.3 is 14.2 Å². The van der Waals surface area contributed by atoms with Crippen molar-refractivity contribution in [2.24, 2.45) is 4.99 Å². The van der Waals surface area contributed by atoms with Gasteiger partial charge >= 0.3 is 5.97 Å². The van der Waals surface area contributed by atoms with Crippen LogP contribution in [0.3, 0.4) is 0 Å². The summed E-state index contributed by atoms with van der Waals surface area (Å²) in [5, 5.41) is 0. The average Bonchev–Trinajstić information content (AvgIpc) is 3.26. The Bertz CT molecular complexity index is 1910. The van der Waals surface area contributed by atoms with Gasteiger partial charge in [-0.1, -0.05) is 41.7 Å². The van der Waals surface area contributed by atoms with E-state index in [1.165, 1.54) is 23.5 Å². The number of esters is 1. The van der Waals surface area contributed by atoms with Gasteiger partial charge in [0.05, 0.1) is 37.5 Å². The van der Waals surface area contributed by atoms with E-state index >= 15 is 0 Å². The van der Waals surface area contributed by atoms with Crippen molar-refractivity contribution < 1.29 is 23.4 Å². The molecule has 0 saturated heterocycles. The lowest BCUT2D eigenvalue weighted by molar-refractivity contribution is -0.139. The molecule has 0 spiro atoms. The van der Waals surface area contributed by atoms with Gasteiger partial charge in [-0.2, -0.15) is 0 Å². The van der Waals surface area contributed by atoms with Crippen molar-refractivity contribution in [3.05, 3.63) is 123 Å². The van der Waals surface area contributed by atoms with Gasteiger partial charge in [0.25, 0.3) is 5.56 Å². The lowest BCUT2D eigenvalue weighted by Gasteiger charge is -2.26. The SMILES string of the molecule is CCOC(=O)C1=C(C)N=c2s/c(=C/c3cc(Br)c(OCc4ccc(F)cc4)c(Br)c3)c(=O)n2[C@H]1c1ccccc1OC(C)C. The number of carbonyl (C=O) groups is 1. The van der Waals surface area contributed by atoms with Crippen LogP contribution in [-0.2, 0) is 16.1 Å². The summed E-state index contributed by atoms with van der Waals surface area (Å²) in [4.78, 5) is 32.5. The van der Waals surface area contributed by atoms with Gasteiger partial charge in [0, 0.05) is 5.56 Å². The summed E-state index contributed by atoms with van der Waals surface area (Å²) in [5.41, 5.74) is 2.70. The van der Waals surface area contributed by atoms with Gasteiger partial charge in [0.2, 0.25) is 0 Å². The van der Waals surface area contributed by atoms with Crippen molar-refractivity contribution in [1.82, 2.24) is 4.57 Å².